The number of carbonyl (C=O) groups is 1. The Kier molecular flexibility index (Phi) is 14.6. The van der Waals surface area contributed by atoms with E-state index in [1.54, 1.807) is 0 Å². The molecular formula is C24H41IN4O2. The number of hydrogen-bond donors (Lipinski definition) is 2. The van der Waals surface area contributed by atoms with E-state index in [1.165, 1.54) is 32.1 Å². The van der Waals surface area contributed by atoms with Gasteiger partial charge in [0.15, 0.2) is 5.96 Å². The molecule has 0 aliphatic heterocycles. The zero-order valence-corrected chi connectivity index (χ0v) is 21.8. The molecule has 0 aromatic heterocycles. The molecule has 1 aromatic rings. The number of amides is 1. The fraction of sp³-hybridized carbons (Fsp3) is 0.667. The molecule has 31 heavy (non-hydrogen) atoms. The maximum absolute atomic E-state index is 12.4. The molecule has 1 saturated carbocycles. The van der Waals surface area contributed by atoms with Crippen molar-refractivity contribution in [2.75, 3.05) is 32.8 Å². The molecule has 176 valence electrons. The van der Waals surface area contributed by atoms with Crippen molar-refractivity contribution in [3.8, 4) is 0 Å². The van der Waals surface area contributed by atoms with Gasteiger partial charge in [-0.2, -0.15) is 0 Å². The molecule has 7 heteroatoms. The minimum atomic E-state index is 0. The second kappa shape index (κ2) is 16.3. The predicted molar refractivity (Wildman–Crippen MR) is 139 cm³/mol. The van der Waals surface area contributed by atoms with Crippen LogP contribution in [0.4, 0.5) is 0 Å². The molecule has 0 bridgehead atoms. The van der Waals surface area contributed by atoms with Crippen molar-refractivity contribution in [2.24, 2.45) is 4.99 Å². The maximum atomic E-state index is 12.4. The van der Waals surface area contributed by atoms with E-state index in [0.29, 0.717) is 12.6 Å². The van der Waals surface area contributed by atoms with E-state index >= 15 is 0 Å². The molecule has 0 atom stereocenters. The van der Waals surface area contributed by atoms with E-state index in [1.807, 2.05) is 43.0 Å². The van der Waals surface area contributed by atoms with Crippen molar-refractivity contribution in [2.45, 2.75) is 71.9 Å². The lowest BCUT2D eigenvalue weighted by Crippen LogP contribution is -2.38. The Morgan fingerprint density at radius 3 is 2.35 bits per heavy atom. The Morgan fingerprint density at radius 2 is 1.74 bits per heavy atom. The molecule has 2 rings (SSSR count). The molecule has 1 aromatic carbocycles. The Bertz CT molecular complexity index is 641. The highest BCUT2D eigenvalue weighted by molar-refractivity contribution is 14.0. The molecule has 2 N–H and O–H groups in total. The standard InChI is InChI=1S/C24H40N4O2.HI/c1-4-25-24(26-17-10-18-30-22-11-8-7-9-12-22)27-19-20-13-15-21(16-14-20)23(29)28(5-2)6-3;/h13-16,22H,4-12,17-19H2,1-3H3,(H2,25,26,27);1H. The summed E-state index contributed by atoms with van der Waals surface area (Å²) in [5.41, 5.74) is 1.82. The molecule has 0 spiro atoms. The number of benzene rings is 1. The van der Waals surface area contributed by atoms with Gasteiger partial charge in [-0.05, 0) is 57.7 Å². The average molecular weight is 545 g/mol. The van der Waals surface area contributed by atoms with E-state index in [-0.39, 0.29) is 29.9 Å². The molecule has 0 saturated heterocycles. The summed E-state index contributed by atoms with van der Waals surface area (Å²) in [6.45, 7) is 10.6. The Labute approximate surface area is 205 Å². The van der Waals surface area contributed by atoms with Gasteiger partial charge >= 0.3 is 0 Å². The van der Waals surface area contributed by atoms with Gasteiger partial charge in [-0.1, -0.05) is 31.4 Å². The highest BCUT2D eigenvalue weighted by Crippen LogP contribution is 2.20. The van der Waals surface area contributed by atoms with Crippen LogP contribution in [-0.2, 0) is 11.3 Å². The largest absolute Gasteiger partial charge is 0.378 e. The highest BCUT2D eigenvalue weighted by Gasteiger charge is 2.13. The van der Waals surface area contributed by atoms with E-state index in [4.69, 9.17) is 4.74 Å². The summed E-state index contributed by atoms with van der Waals surface area (Å²) in [5, 5.41) is 6.68. The zero-order chi connectivity index (χ0) is 21.6. The SMILES string of the molecule is CCNC(=NCc1ccc(C(=O)N(CC)CC)cc1)NCCCOC1CCCCC1.I. The van der Waals surface area contributed by atoms with Crippen LogP contribution in [0, 0.1) is 0 Å². The smallest absolute Gasteiger partial charge is 0.253 e. The molecule has 1 amide bonds. The molecule has 1 fully saturated rings. The third-order valence-corrected chi connectivity index (χ3v) is 5.53. The van der Waals surface area contributed by atoms with Gasteiger partial charge in [-0.25, -0.2) is 4.99 Å². The number of carbonyl (C=O) groups excluding carboxylic acids is 1. The average Bonchev–Trinajstić information content (AvgIpc) is 2.79. The van der Waals surface area contributed by atoms with Crippen LogP contribution >= 0.6 is 24.0 Å². The van der Waals surface area contributed by atoms with Crippen LogP contribution in [0.5, 0.6) is 0 Å². The van der Waals surface area contributed by atoms with E-state index in [9.17, 15) is 4.79 Å². The Morgan fingerprint density at radius 1 is 1.06 bits per heavy atom. The number of aliphatic imine (C=N–C) groups is 1. The lowest BCUT2D eigenvalue weighted by molar-refractivity contribution is 0.0277. The Hall–Kier alpha value is -1.35. The normalized spacial score (nSPS) is 14.6. The first kappa shape index (κ1) is 27.7. The second-order valence-electron chi connectivity index (χ2n) is 7.78. The van der Waals surface area contributed by atoms with E-state index < -0.39 is 0 Å². The summed E-state index contributed by atoms with van der Waals surface area (Å²) in [5.74, 6) is 0.902. The summed E-state index contributed by atoms with van der Waals surface area (Å²) < 4.78 is 5.99. The summed E-state index contributed by atoms with van der Waals surface area (Å²) in [6, 6.07) is 7.77. The molecule has 0 radical (unpaired) electrons. The fourth-order valence-electron chi connectivity index (χ4n) is 3.72. The fourth-order valence-corrected chi connectivity index (χ4v) is 3.72. The van der Waals surface area contributed by atoms with Crippen molar-refractivity contribution in [1.29, 1.82) is 0 Å². The van der Waals surface area contributed by atoms with Crippen molar-refractivity contribution >= 4 is 35.8 Å². The number of ether oxygens (including phenoxy) is 1. The van der Waals surface area contributed by atoms with Gasteiger partial charge in [0.1, 0.15) is 0 Å². The number of nitrogens with one attached hydrogen (secondary N) is 2. The predicted octanol–water partition coefficient (Wildman–Crippen LogP) is 4.58. The van der Waals surface area contributed by atoms with Gasteiger partial charge in [0, 0.05) is 38.3 Å². The number of guanidine groups is 1. The van der Waals surface area contributed by atoms with Crippen molar-refractivity contribution in [3.63, 3.8) is 0 Å². The molecule has 1 aliphatic carbocycles. The minimum Gasteiger partial charge on any atom is -0.378 e. The van der Waals surface area contributed by atoms with Gasteiger partial charge in [0.25, 0.3) is 5.91 Å². The third kappa shape index (κ3) is 10.2. The lowest BCUT2D eigenvalue weighted by atomic mass is 9.98. The van der Waals surface area contributed by atoms with Crippen molar-refractivity contribution < 1.29 is 9.53 Å². The Balaban J connectivity index is 0.00000480. The van der Waals surface area contributed by atoms with Crippen LogP contribution in [0.25, 0.3) is 0 Å². The number of nitrogens with zero attached hydrogens (tertiary/aromatic N) is 2. The van der Waals surface area contributed by atoms with Crippen LogP contribution in [-0.4, -0.2) is 55.7 Å². The van der Waals surface area contributed by atoms with Crippen molar-refractivity contribution in [1.82, 2.24) is 15.5 Å². The monoisotopic (exact) mass is 544 g/mol. The number of hydrogen-bond acceptors (Lipinski definition) is 3. The maximum Gasteiger partial charge on any atom is 0.253 e. The van der Waals surface area contributed by atoms with E-state index in [0.717, 1.165) is 56.3 Å². The van der Waals surface area contributed by atoms with Crippen LogP contribution in [0.3, 0.4) is 0 Å². The first-order valence-corrected chi connectivity index (χ1v) is 11.7. The first-order valence-electron chi connectivity index (χ1n) is 11.7. The third-order valence-electron chi connectivity index (χ3n) is 5.53. The topological polar surface area (TPSA) is 66.0 Å². The summed E-state index contributed by atoms with van der Waals surface area (Å²) >= 11 is 0. The van der Waals surface area contributed by atoms with Gasteiger partial charge < -0.3 is 20.3 Å². The van der Waals surface area contributed by atoms with E-state index in [2.05, 4.69) is 22.5 Å². The molecule has 1 aliphatic rings. The van der Waals surface area contributed by atoms with Crippen LogP contribution in [0.2, 0.25) is 0 Å². The second-order valence-corrected chi connectivity index (χ2v) is 7.78. The molecular weight excluding hydrogens is 503 g/mol. The van der Waals surface area contributed by atoms with Crippen molar-refractivity contribution in [3.05, 3.63) is 35.4 Å². The molecule has 0 heterocycles. The molecule has 6 nitrogen and oxygen atoms in total. The van der Waals surface area contributed by atoms with Gasteiger partial charge in [-0.3, -0.25) is 4.79 Å². The van der Waals surface area contributed by atoms with Gasteiger partial charge in [-0.15, -0.1) is 24.0 Å². The van der Waals surface area contributed by atoms with Crippen LogP contribution < -0.4 is 10.6 Å². The lowest BCUT2D eigenvalue weighted by Gasteiger charge is -2.22. The van der Waals surface area contributed by atoms with Gasteiger partial charge in [0.2, 0.25) is 0 Å². The van der Waals surface area contributed by atoms with Crippen LogP contribution in [0.15, 0.2) is 29.3 Å². The molecule has 0 unspecified atom stereocenters. The summed E-state index contributed by atoms with van der Waals surface area (Å²) in [4.78, 5) is 18.9. The number of halogens is 1. The zero-order valence-electron chi connectivity index (χ0n) is 19.5. The van der Waals surface area contributed by atoms with Gasteiger partial charge in [0.05, 0.1) is 12.6 Å². The highest BCUT2D eigenvalue weighted by atomic mass is 127. The summed E-state index contributed by atoms with van der Waals surface area (Å²) in [6.07, 6.45) is 7.86. The first-order chi connectivity index (χ1) is 14.7. The number of rotatable bonds is 11. The minimum absolute atomic E-state index is 0. The van der Waals surface area contributed by atoms with Crippen LogP contribution in [0.1, 0.15) is 75.2 Å². The quantitative estimate of drug-likeness (QED) is 0.185. The summed E-state index contributed by atoms with van der Waals surface area (Å²) in [7, 11) is 0.